The molecule has 0 saturated heterocycles. The summed E-state index contributed by atoms with van der Waals surface area (Å²) in [5, 5.41) is 0. The van der Waals surface area contributed by atoms with Crippen LogP contribution in [0.3, 0.4) is 0 Å². The average molecular weight is 258 g/mol. The van der Waals surface area contributed by atoms with Crippen LogP contribution >= 0.6 is 0 Å². The highest BCUT2D eigenvalue weighted by atomic mass is 32.3. The van der Waals surface area contributed by atoms with Crippen LogP contribution in [0.25, 0.3) is 0 Å². The van der Waals surface area contributed by atoms with Crippen LogP contribution in [0, 0.1) is 0 Å². The number of imide groups is 1. The van der Waals surface area contributed by atoms with Gasteiger partial charge in [-0.2, -0.15) is 8.42 Å². The van der Waals surface area contributed by atoms with Crippen LogP contribution in [0.5, 0.6) is 0 Å². The molecule has 1 aliphatic rings. The van der Waals surface area contributed by atoms with Crippen LogP contribution in [0.1, 0.15) is 20.8 Å². The third kappa shape index (κ3) is 2.16. The van der Waals surface area contributed by atoms with Gasteiger partial charge in [-0.1, -0.05) is 0 Å². The fourth-order valence-electron chi connectivity index (χ4n) is 1.52. The van der Waals surface area contributed by atoms with E-state index in [0.717, 1.165) is 0 Å². The maximum atomic E-state index is 12.3. The van der Waals surface area contributed by atoms with Gasteiger partial charge >= 0.3 is 10.2 Å². The Morgan fingerprint density at radius 1 is 1.29 bits per heavy atom. The quantitative estimate of drug-likeness (QED) is 0.561. The van der Waals surface area contributed by atoms with Gasteiger partial charge in [0.2, 0.25) is 0 Å². The lowest BCUT2D eigenvalue weighted by molar-refractivity contribution is 0.0662. The fraction of sp³-hybridized carbons (Fsp3) is 0.222. The number of carbonyl (C=O) groups is 2. The van der Waals surface area contributed by atoms with E-state index in [1.54, 1.807) is 0 Å². The molecule has 0 atom stereocenters. The second-order valence-corrected chi connectivity index (χ2v) is 4.89. The highest BCUT2D eigenvalue weighted by Gasteiger charge is 2.36. The molecule has 0 N–H and O–H groups in total. The van der Waals surface area contributed by atoms with Crippen molar-refractivity contribution in [1.82, 2.24) is 9.88 Å². The second-order valence-electron chi connectivity index (χ2n) is 3.40. The lowest BCUT2D eigenvalue weighted by Crippen LogP contribution is -2.33. The van der Waals surface area contributed by atoms with Crippen molar-refractivity contribution in [2.45, 2.75) is 0 Å². The number of fused-ring (bicyclic) bond motifs is 1. The van der Waals surface area contributed by atoms with Crippen LogP contribution in [0.4, 0.5) is 3.89 Å². The van der Waals surface area contributed by atoms with Gasteiger partial charge in [-0.05, 0) is 12.1 Å². The topological polar surface area (TPSA) is 84.4 Å². The number of pyridine rings is 1. The molecule has 0 unspecified atom stereocenters. The average Bonchev–Trinajstić information content (AvgIpc) is 2.49. The van der Waals surface area contributed by atoms with Gasteiger partial charge in [0.15, 0.2) is 0 Å². The third-order valence-corrected chi connectivity index (χ3v) is 2.96. The Kier molecular flexibility index (Phi) is 2.66. The number of hydrogen-bond acceptors (Lipinski definition) is 5. The van der Waals surface area contributed by atoms with Crippen molar-refractivity contribution in [1.29, 1.82) is 0 Å². The van der Waals surface area contributed by atoms with Gasteiger partial charge in [0.1, 0.15) is 5.69 Å². The molecule has 1 aromatic rings. The van der Waals surface area contributed by atoms with E-state index in [1.807, 2.05) is 0 Å². The van der Waals surface area contributed by atoms with Crippen molar-refractivity contribution >= 4 is 22.0 Å². The molecule has 1 aromatic heterocycles. The third-order valence-electron chi connectivity index (χ3n) is 2.29. The molecular formula is C9H7FN2O4S. The van der Waals surface area contributed by atoms with Gasteiger partial charge in [-0.15, -0.1) is 3.89 Å². The summed E-state index contributed by atoms with van der Waals surface area (Å²) in [6, 6.07) is 2.89. The molecule has 0 fully saturated rings. The predicted octanol–water partition coefficient (Wildman–Crippen LogP) is -0.0231. The van der Waals surface area contributed by atoms with Gasteiger partial charge in [-0.25, -0.2) is 0 Å². The van der Waals surface area contributed by atoms with Crippen LogP contribution < -0.4 is 0 Å². The number of halogens is 1. The van der Waals surface area contributed by atoms with Gasteiger partial charge < -0.3 is 0 Å². The summed E-state index contributed by atoms with van der Waals surface area (Å²) in [5.41, 5.74) is 0.0718. The monoisotopic (exact) mass is 258 g/mol. The summed E-state index contributed by atoms with van der Waals surface area (Å²) in [4.78, 5) is 27.7. The van der Waals surface area contributed by atoms with Crippen molar-refractivity contribution in [2.75, 3.05) is 12.3 Å². The molecule has 0 bridgehead atoms. The van der Waals surface area contributed by atoms with Crippen molar-refractivity contribution < 1.29 is 21.9 Å². The molecule has 0 saturated carbocycles. The van der Waals surface area contributed by atoms with E-state index in [9.17, 15) is 21.9 Å². The Morgan fingerprint density at radius 3 is 2.59 bits per heavy atom. The fourth-order valence-corrected chi connectivity index (χ4v) is 1.92. The molecule has 6 nitrogen and oxygen atoms in total. The molecule has 0 spiro atoms. The van der Waals surface area contributed by atoms with E-state index in [0.29, 0.717) is 4.90 Å². The number of nitrogens with zero attached hydrogens (tertiary/aromatic N) is 2. The second kappa shape index (κ2) is 3.88. The Labute approximate surface area is 96.3 Å². The highest BCUT2D eigenvalue weighted by molar-refractivity contribution is 7.86. The van der Waals surface area contributed by atoms with Crippen LogP contribution in [-0.2, 0) is 10.2 Å². The standard InChI is InChI=1S/C9H7FN2O4S/c10-17(15,16)5-4-12-8(13)6-2-1-3-11-7(6)9(12)14/h1-3H,4-5H2. The summed E-state index contributed by atoms with van der Waals surface area (Å²) < 4.78 is 33.0. The Morgan fingerprint density at radius 2 is 2.00 bits per heavy atom. The van der Waals surface area contributed by atoms with Crippen molar-refractivity contribution in [2.24, 2.45) is 0 Å². The number of carbonyl (C=O) groups excluding carboxylic acids is 2. The van der Waals surface area contributed by atoms with Gasteiger partial charge in [-0.3, -0.25) is 19.5 Å². The maximum absolute atomic E-state index is 12.3. The van der Waals surface area contributed by atoms with Crippen molar-refractivity contribution in [3.05, 3.63) is 29.6 Å². The number of amides is 2. The molecule has 0 aliphatic carbocycles. The maximum Gasteiger partial charge on any atom is 0.304 e. The first-order chi connectivity index (χ1) is 7.90. The van der Waals surface area contributed by atoms with Crippen LogP contribution in [-0.4, -0.2) is 42.4 Å². The van der Waals surface area contributed by atoms with E-state index < -0.39 is 34.3 Å². The lowest BCUT2D eigenvalue weighted by atomic mass is 10.2. The van der Waals surface area contributed by atoms with Crippen LogP contribution in [0.2, 0.25) is 0 Å². The molecule has 17 heavy (non-hydrogen) atoms. The first-order valence-corrected chi connectivity index (χ1v) is 6.19. The molecule has 2 rings (SSSR count). The Hall–Kier alpha value is -1.83. The van der Waals surface area contributed by atoms with Crippen molar-refractivity contribution in [3.63, 3.8) is 0 Å². The minimum absolute atomic E-state index is 0.0336. The summed E-state index contributed by atoms with van der Waals surface area (Å²) in [6.07, 6.45) is 1.35. The van der Waals surface area contributed by atoms with E-state index in [1.165, 1.54) is 18.3 Å². The number of aromatic nitrogens is 1. The first-order valence-electron chi connectivity index (χ1n) is 4.64. The zero-order valence-corrected chi connectivity index (χ0v) is 9.28. The molecule has 1 aliphatic heterocycles. The normalized spacial score (nSPS) is 15.2. The van der Waals surface area contributed by atoms with Gasteiger partial charge in [0, 0.05) is 12.7 Å². The Bertz CT molecular complexity index is 564. The molecule has 2 heterocycles. The zero-order chi connectivity index (χ0) is 12.6. The minimum atomic E-state index is -4.71. The van der Waals surface area contributed by atoms with E-state index >= 15 is 0 Å². The lowest BCUT2D eigenvalue weighted by Gasteiger charge is -2.11. The smallest absolute Gasteiger partial charge is 0.272 e. The summed E-state index contributed by atoms with van der Waals surface area (Å²) in [6.45, 7) is -0.507. The summed E-state index contributed by atoms with van der Waals surface area (Å²) in [5.74, 6) is -2.26. The molecule has 0 aromatic carbocycles. The minimum Gasteiger partial charge on any atom is -0.272 e. The molecule has 8 heteroatoms. The SMILES string of the molecule is O=C1c2cccnc2C(=O)N1CCS(=O)(=O)F. The predicted molar refractivity (Wildman–Crippen MR) is 54.5 cm³/mol. The first kappa shape index (κ1) is 11.6. The van der Waals surface area contributed by atoms with Gasteiger partial charge in [0.05, 0.1) is 11.3 Å². The molecule has 0 radical (unpaired) electrons. The summed E-state index contributed by atoms with van der Waals surface area (Å²) >= 11 is 0. The molecular weight excluding hydrogens is 251 g/mol. The highest BCUT2D eigenvalue weighted by Crippen LogP contribution is 2.20. The van der Waals surface area contributed by atoms with E-state index in [2.05, 4.69) is 4.98 Å². The number of rotatable bonds is 3. The Balaban J connectivity index is 2.25. The van der Waals surface area contributed by atoms with E-state index in [-0.39, 0.29) is 11.3 Å². The summed E-state index contributed by atoms with van der Waals surface area (Å²) in [7, 11) is -4.71. The number of hydrogen-bond donors (Lipinski definition) is 0. The van der Waals surface area contributed by atoms with Crippen molar-refractivity contribution in [3.8, 4) is 0 Å². The van der Waals surface area contributed by atoms with Gasteiger partial charge in [0.25, 0.3) is 11.8 Å². The van der Waals surface area contributed by atoms with Crippen LogP contribution in [0.15, 0.2) is 18.3 Å². The molecule has 90 valence electrons. The molecule has 2 amide bonds. The largest absolute Gasteiger partial charge is 0.304 e. The van der Waals surface area contributed by atoms with E-state index in [4.69, 9.17) is 0 Å². The zero-order valence-electron chi connectivity index (χ0n) is 8.46.